The lowest BCUT2D eigenvalue weighted by Crippen LogP contribution is -2.66. The van der Waals surface area contributed by atoms with Crippen molar-refractivity contribution in [1.82, 2.24) is 0 Å². The fourth-order valence-electron chi connectivity index (χ4n) is 6.10. The van der Waals surface area contributed by atoms with E-state index in [1.54, 1.807) is 0 Å². The fourth-order valence-corrected chi connectivity index (χ4v) is 6.10. The lowest BCUT2D eigenvalue weighted by molar-refractivity contribution is -0.283. The molecule has 20 heavy (non-hydrogen) atoms. The summed E-state index contributed by atoms with van der Waals surface area (Å²) in [5.41, 5.74) is 6.04. The van der Waals surface area contributed by atoms with Gasteiger partial charge in [-0.2, -0.15) is 13.2 Å². The average Bonchev–Trinajstić information content (AvgIpc) is 2.39. The highest BCUT2D eigenvalue weighted by Gasteiger charge is 2.68. The van der Waals surface area contributed by atoms with Gasteiger partial charge in [-0.25, -0.2) is 0 Å². The van der Waals surface area contributed by atoms with Crippen LogP contribution in [0.1, 0.15) is 51.9 Å². The van der Waals surface area contributed by atoms with Crippen LogP contribution in [0.2, 0.25) is 0 Å². The Morgan fingerprint density at radius 1 is 1.05 bits per heavy atom. The highest BCUT2D eigenvalue weighted by atomic mass is 19.4. The molecule has 116 valence electrons. The Kier molecular flexibility index (Phi) is 3.59. The van der Waals surface area contributed by atoms with Gasteiger partial charge >= 0.3 is 6.18 Å². The summed E-state index contributed by atoms with van der Waals surface area (Å²) in [6, 6.07) is 0. The van der Waals surface area contributed by atoms with E-state index in [4.69, 9.17) is 5.73 Å². The molecule has 0 aliphatic heterocycles. The van der Waals surface area contributed by atoms with Crippen LogP contribution in [0.5, 0.6) is 0 Å². The van der Waals surface area contributed by atoms with Gasteiger partial charge in [-0.05, 0) is 67.7 Å². The Balaban J connectivity index is 1.96. The van der Waals surface area contributed by atoms with Crippen LogP contribution in [-0.2, 0) is 0 Å². The molecule has 4 heteroatoms. The first-order valence-electron chi connectivity index (χ1n) is 8.22. The smallest absolute Gasteiger partial charge is 0.330 e. The molecule has 1 nitrogen and oxygen atoms in total. The molecule has 0 radical (unpaired) electrons. The monoisotopic (exact) mass is 289 g/mol. The molecular weight excluding hydrogens is 263 g/mol. The third kappa shape index (κ3) is 1.86. The first-order chi connectivity index (χ1) is 9.45. The average molecular weight is 289 g/mol. The number of alkyl halides is 3. The number of fused-ring (bicyclic) bond motifs is 1. The van der Waals surface area contributed by atoms with Crippen LogP contribution in [0.25, 0.3) is 0 Å². The lowest BCUT2D eigenvalue weighted by Gasteiger charge is -2.68. The van der Waals surface area contributed by atoms with Crippen molar-refractivity contribution in [2.45, 2.75) is 58.0 Å². The van der Waals surface area contributed by atoms with Crippen molar-refractivity contribution in [2.75, 3.05) is 6.54 Å². The molecule has 2 N–H and O–H groups in total. The van der Waals surface area contributed by atoms with Crippen molar-refractivity contribution in [3.8, 4) is 0 Å². The van der Waals surface area contributed by atoms with Gasteiger partial charge in [0.25, 0.3) is 0 Å². The number of nitrogens with two attached hydrogens (primary N) is 1. The van der Waals surface area contributed by atoms with E-state index >= 15 is 0 Å². The summed E-state index contributed by atoms with van der Waals surface area (Å²) in [5.74, 6) is -0.845. The third-order valence-corrected chi connectivity index (χ3v) is 6.93. The molecular formula is C16H26F3N. The van der Waals surface area contributed by atoms with Crippen molar-refractivity contribution in [3.05, 3.63) is 0 Å². The summed E-state index contributed by atoms with van der Waals surface area (Å²) in [5, 5.41) is 0. The second-order valence-electron chi connectivity index (χ2n) is 7.27. The maximum atomic E-state index is 13.6. The van der Waals surface area contributed by atoms with Crippen LogP contribution in [0, 0.1) is 35.0 Å². The van der Waals surface area contributed by atoms with Crippen molar-refractivity contribution in [3.63, 3.8) is 0 Å². The molecule has 3 rings (SSSR count). The van der Waals surface area contributed by atoms with Crippen molar-refractivity contribution >= 4 is 0 Å². The number of hydrogen-bond acceptors (Lipinski definition) is 1. The molecule has 0 spiro atoms. The summed E-state index contributed by atoms with van der Waals surface area (Å²) in [6.07, 6.45) is 2.48. The standard InChI is InChI=1S/C16H26F3N/c1-2-15(9-20)11-6-4-3-5-10-7-8-12(15)13(11)14(10)16(17,18)19/h10-14H,2-9,20H2,1H3/t10-,11+,12?,13+,14-,15+/m0/s1. The van der Waals surface area contributed by atoms with E-state index in [0.717, 1.165) is 44.9 Å². The second-order valence-corrected chi connectivity index (χ2v) is 7.27. The molecule has 0 amide bonds. The maximum absolute atomic E-state index is 13.6. The summed E-state index contributed by atoms with van der Waals surface area (Å²) in [6.45, 7) is 2.70. The van der Waals surface area contributed by atoms with Gasteiger partial charge in [0.1, 0.15) is 0 Å². The van der Waals surface area contributed by atoms with Gasteiger partial charge in [-0.15, -0.1) is 0 Å². The Bertz CT molecular complexity index is 361. The van der Waals surface area contributed by atoms with E-state index < -0.39 is 12.1 Å². The van der Waals surface area contributed by atoms with E-state index in [0.29, 0.717) is 6.54 Å². The van der Waals surface area contributed by atoms with Crippen LogP contribution in [0.4, 0.5) is 13.2 Å². The van der Waals surface area contributed by atoms with Gasteiger partial charge in [0, 0.05) is 0 Å². The van der Waals surface area contributed by atoms with Gasteiger partial charge in [0.2, 0.25) is 0 Å². The normalized spacial score (nSPS) is 48.1. The number of hydrogen-bond donors (Lipinski definition) is 1. The first kappa shape index (κ1) is 14.7. The molecule has 2 bridgehead atoms. The van der Waals surface area contributed by atoms with E-state index in [-0.39, 0.29) is 29.1 Å². The molecule has 0 aromatic heterocycles. The quantitative estimate of drug-likeness (QED) is 0.802. The van der Waals surface area contributed by atoms with Crippen LogP contribution >= 0.6 is 0 Å². The topological polar surface area (TPSA) is 26.0 Å². The van der Waals surface area contributed by atoms with Gasteiger partial charge in [-0.3, -0.25) is 0 Å². The minimum atomic E-state index is -4.02. The molecule has 3 aliphatic rings. The van der Waals surface area contributed by atoms with Crippen LogP contribution in [-0.4, -0.2) is 12.7 Å². The predicted molar refractivity (Wildman–Crippen MR) is 73.0 cm³/mol. The van der Waals surface area contributed by atoms with E-state index in [2.05, 4.69) is 6.92 Å². The molecule has 1 unspecified atom stereocenters. The molecule has 3 saturated carbocycles. The highest BCUT2D eigenvalue weighted by Crippen LogP contribution is 2.69. The Hall–Kier alpha value is -0.250. The maximum Gasteiger partial charge on any atom is 0.392 e. The van der Waals surface area contributed by atoms with E-state index in [1.807, 2.05) is 0 Å². The molecule has 0 saturated heterocycles. The van der Waals surface area contributed by atoms with Crippen LogP contribution in [0.15, 0.2) is 0 Å². The van der Waals surface area contributed by atoms with E-state index in [9.17, 15) is 13.2 Å². The zero-order valence-corrected chi connectivity index (χ0v) is 12.3. The van der Waals surface area contributed by atoms with Gasteiger partial charge in [-0.1, -0.05) is 19.8 Å². The summed E-state index contributed by atoms with van der Waals surface area (Å²) in [4.78, 5) is 0. The van der Waals surface area contributed by atoms with E-state index in [1.165, 1.54) is 0 Å². The molecule has 6 atom stereocenters. The SMILES string of the molecule is CC[C@]1(CN)C2CC[C@@H]3CCCC[C@@H]1[C@H]2[C@H]3C(F)(F)F. The van der Waals surface area contributed by atoms with Crippen molar-refractivity contribution < 1.29 is 13.2 Å². The summed E-state index contributed by atoms with van der Waals surface area (Å²) >= 11 is 0. The summed E-state index contributed by atoms with van der Waals surface area (Å²) < 4.78 is 40.8. The fraction of sp³-hybridized carbons (Fsp3) is 1.00. The highest BCUT2D eigenvalue weighted by molar-refractivity contribution is 5.13. The Morgan fingerprint density at radius 3 is 2.30 bits per heavy atom. The lowest BCUT2D eigenvalue weighted by atomic mass is 9.37. The molecule has 3 fully saturated rings. The predicted octanol–water partition coefficient (Wildman–Crippen LogP) is 4.37. The minimum Gasteiger partial charge on any atom is -0.330 e. The Morgan fingerprint density at radius 2 is 1.70 bits per heavy atom. The molecule has 0 aromatic rings. The second kappa shape index (κ2) is 4.89. The number of rotatable bonds is 2. The minimum absolute atomic E-state index is 0.0104. The molecule has 0 heterocycles. The Labute approximate surface area is 119 Å². The number of halogens is 3. The van der Waals surface area contributed by atoms with Gasteiger partial charge < -0.3 is 5.73 Å². The first-order valence-corrected chi connectivity index (χ1v) is 8.22. The van der Waals surface area contributed by atoms with Gasteiger partial charge in [0.15, 0.2) is 0 Å². The zero-order chi connectivity index (χ0) is 14.5. The van der Waals surface area contributed by atoms with Gasteiger partial charge in [0.05, 0.1) is 5.92 Å². The van der Waals surface area contributed by atoms with Crippen LogP contribution < -0.4 is 5.73 Å². The third-order valence-electron chi connectivity index (χ3n) is 6.93. The van der Waals surface area contributed by atoms with Crippen LogP contribution in [0.3, 0.4) is 0 Å². The van der Waals surface area contributed by atoms with Crippen molar-refractivity contribution in [1.29, 1.82) is 0 Å². The molecule has 0 aromatic carbocycles. The summed E-state index contributed by atoms with van der Waals surface area (Å²) in [7, 11) is 0. The largest absolute Gasteiger partial charge is 0.392 e. The van der Waals surface area contributed by atoms with Crippen molar-refractivity contribution in [2.24, 2.45) is 40.7 Å². The molecule has 3 aliphatic carbocycles. The zero-order valence-electron chi connectivity index (χ0n) is 12.3.